The number of nitro benzene ring substituents is 1. The molecule has 0 saturated carbocycles. The summed E-state index contributed by atoms with van der Waals surface area (Å²) in [6.45, 7) is 0.0780. The van der Waals surface area contributed by atoms with Gasteiger partial charge in [-0.25, -0.2) is 13.1 Å². The average molecular weight is 336 g/mol. The van der Waals surface area contributed by atoms with Crippen LogP contribution < -0.4 is 10.5 Å². The Kier molecular flexibility index (Phi) is 6.06. The second-order valence-corrected chi connectivity index (χ2v) is 6.34. The van der Waals surface area contributed by atoms with Crippen molar-refractivity contribution in [2.24, 2.45) is 5.73 Å². The number of unbranched alkanes of at least 4 members (excludes halogenated alkanes) is 1. The van der Waals surface area contributed by atoms with Gasteiger partial charge in [0.25, 0.3) is 5.69 Å². The number of halogens is 1. The van der Waals surface area contributed by atoms with Crippen LogP contribution in [-0.2, 0) is 14.8 Å². The summed E-state index contributed by atoms with van der Waals surface area (Å²) in [7, 11) is -3.95. The van der Waals surface area contributed by atoms with Crippen LogP contribution in [0.2, 0.25) is 5.02 Å². The Labute approximate surface area is 126 Å². The Hall–Kier alpha value is -1.71. The third-order valence-electron chi connectivity index (χ3n) is 2.56. The zero-order valence-electron chi connectivity index (χ0n) is 10.9. The first-order valence-corrected chi connectivity index (χ1v) is 7.82. The summed E-state index contributed by atoms with van der Waals surface area (Å²) in [5, 5.41) is 10.6. The van der Waals surface area contributed by atoms with Crippen LogP contribution in [0.1, 0.15) is 19.3 Å². The van der Waals surface area contributed by atoms with E-state index in [1.54, 1.807) is 0 Å². The number of nitrogens with zero attached hydrogens (tertiary/aromatic N) is 1. The van der Waals surface area contributed by atoms with Gasteiger partial charge in [0, 0.05) is 25.1 Å². The molecule has 0 unspecified atom stereocenters. The van der Waals surface area contributed by atoms with Gasteiger partial charge in [-0.2, -0.15) is 0 Å². The lowest BCUT2D eigenvalue weighted by Gasteiger charge is -2.08. The monoisotopic (exact) mass is 335 g/mol. The van der Waals surface area contributed by atoms with E-state index in [9.17, 15) is 23.3 Å². The zero-order chi connectivity index (χ0) is 16.0. The van der Waals surface area contributed by atoms with Crippen LogP contribution in [-0.4, -0.2) is 25.8 Å². The maximum Gasteiger partial charge on any atom is 0.270 e. The van der Waals surface area contributed by atoms with E-state index in [2.05, 4.69) is 4.72 Å². The first-order chi connectivity index (χ1) is 9.74. The topological polar surface area (TPSA) is 132 Å². The highest BCUT2D eigenvalue weighted by molar-refractivity contribution is 7.89. The van der Waals surface area contributed by atoms with Crippen molar-refractivity contribution >= 4 is 33.2 Å². The van der Waals surface area contributed by atoms with E-state index in [0.29, 0.717) is 12.8 Å². The van der Waals surface area contributed by atoms with Crippen molar-refractivity contribution in [3.63, 3.8) is 0 Å². The molecule has 0 saturated heterocycles. The molecular weight excluding hydrogens is 322 g/mol. The molecule has 0 aromatic heterocycles. The van der Waals surface area contributed by atoms with Crippen molar-refractivity contribution < 1.29 is 18.1 Å². The fraction of sp³-hybridized carbons (Fsp3) is 0.364. The SMILES string of the molecule is NC(=O)CCCCNS(=O)(=O)c1cc([N+](=O)[O-])ccc1Cl. The number of rotatable bonds is 8. The van der Waals surface area contributed by atoms with E-state index in [4.69, 9.17) is 17.3 Å². The fourth-order valence-corrected chi connectivity index (χ4v) is 3.11. The molecule has 8 nitrogen and oxygen atoms in total. The Bertz CT molecular complexity index is 647. The molecule has 10 heteroatoms. The van der Waals surface area contributed by atoms with Crippen LogP contribution in [0.4, 0.5) is 5.69 Å². The van der Waals surface area contributed by atoms with Crippen molar-refractivity contribution in [2.75, 3.05) is 6.54 Å². The number of carbonyl (C=O) groups excluding carboxylic acids is 1. The minimum Gasteiger partial charge on any atom is -0.370 e. The highest BCUT2D eigenvalue weighted by atomic mass is 35.5. The molecule has 3 N–H and O–H groups in total. The summed E-state index contributed by atoms with van der Waals surface area (Å²) < 4.78 is 26.3. The van der Waals surface area contributed by atoms with E-state index in [1.807, 2.05) is 0 Å². The Morgan fingerprint density at radius 3 is 2.62 bits per heavy atom. The number of carbonyl (C=O) groups is 1. The highest BCUT2D eigenvalue weighted by Crippen LogP contribution is 2.25. The normalized spacial score (nSPS) is 11.3. The molecule has 0 spiro atoms. The van der Waals surface area contributed by atoms with Crippen LogP contribution in [0.3, 0.4) is 0 Å². The van der Waals surface area contributed by atoms with E-state index < -0.39 is 20.9 Å². The van der Waals surface area contributed by atoms with Gasteiger partial charge in [0.15, 0.2) is 0 Å². The standard InChI is InChI=1S/C11H14ClN3O5S/c12-9-5-4-8(15(17)18)7-10(9)21(19,20)14-6-2-1-3-11(13)16/h4-5,7,14H,1-3,6H2,(H2,13,16). The third kappa shape index (κ3) is 5.29. The van der Waals surface area contributed by atoms with E-state index in [0.717, 1.165) is 18.2 Å². The van der Waals surface area contributed by atoms with Crippen molar-refractivity contribution in [3.8, 4) is 0 Å². The number of nitrogens with two attached hydrogens (primary N) is 1. The molecule has 0 aliphatic carbocycles. The van der Waals surface area contributed by atoms with Crippen molar-refractivity contribution in [3.05, 3.63) is 33.3 Å². The second-order valence-electron chi connectivity index (χ2n) is 4.19. The predicted molar refractivity (Wildman–Crippen MR) is 76.3 cm³/mol. The highest BCUT2D eigenvalue weighted by Gasteiger charge is 2.21. The molecule has 116 valence electrons. The van der Waals surface area contributed by atoms with Gasteiger partial charge in [-0.3, -0.25) is 14.9 Å². The number of non-ortho nitro benzene ring substituents is 1. The van der Waals surface area contributed by atoms with Crippen LogP contribution >= 0.6 is 11.6 Å². The van der Waals surface area contributed by atoms with E-state index >= 15 is 0 Å². The summed E-state index contributed by atoms with van der Waals surface area (Å²) in [6, 6.07) is 3.17. The fourth-order valence-electron chi connectivity index (χ4n) is 1.52. The van der Waals surface area contributed by atoms with Gasteiger partial charge in [0.1, 0.15) is 4.90 Å². The molecule has 0 heterocycles. The quantitative estimate of drug-likeness (QED) is 0.418. The van der Waals surface area contributed by atoms with Crippen molar-refractivity contribution in [1.82, 2.24) is 4.72 Å². The van der Waals surface area contributed by atoms with Gasteiger partial charge < -0.3 is 5.73 Å². The van der Waals surface area contributed by atoms with E-state index in [1.165, 1.54) is 0 Å². The van der Waals surface area contributed by atoms with Gasteiger partial charge in [0.2, 0.25) is 15.9 Å². The molecule has 1 rings (SSSR count). The number of amides is 1. The lowest BCUT2D eigenvalue weighted by molar-refractivity contribution is -0.385. The van der Waals surface area contributed by atoms with Crippen molar-refractivity contribution in [1.29, 1.82) is 0 Å². The lowest BCUT2D eigenvalue weighted by atomic mass is 10.2. The number of primary amides is 1. The van der Waals surface area contributed by atoms with Gasteiger partial charge in [-0.1, -0.05) is 11.6 Å². The number of hydrogen-bond acceptors (Lipinski definition) is 5. The first-order valence-electron chi connectivity index (χ1n) is 5.96. The minimum absolute atomic E-state index is 0.0780. The van der Waals surface area contributed by atoms with Crippen LogP contribution in [0.15, 0.2) is 23.1 Å². The molecule has 0 fully saturated rings. The minimum atomic E-state index is -3.95. The maximum absolute atomic E-state index is 12.0. The molecule has 1 amide bonds. The number of nitro groups is 1. The molecule has 1 aromatic carbocycles. The lowest BCUT2D eigenvalue weighted by Crippen LogP contribution is -2.25. The largest absolute Gasteiger partial charge is 0.370 e. The average Bonchev–Trinajstić information content (AvgIpc) is 2.37. The molecule has 0 aliphatic heterocycles. The Balaban J connectivity index is 2.76. The van der Waals surface area contributed by atoms with Crippen molar-refractivity contribution in [2.45, 2.75) is 24.2 Å². The molecular formula is C11H14ClN3O5S. The summed E-state index contributed by atoms with van der Waals surface area (Å²) in [5.74, 6) is -0.459. The van der Waals surface area contributed by atoms with Gasteiger partial charge in [-0.05, 0) is 18.9 Å². The van der Waals surface area contributed by atoms with Gasteiger partial charge in [0.05, 0.1) is 9.95 Å². The molecule has 0 atom stereocenters. The number of sulfonamides is 1. The molecule has 0 radical (unpaired) electrons. The van der Waals surface area contributed by atoms with Crippen LogP contribution in [0.5, 0.6) is 0 Å². The third-order valence-corrected chi connectivity index (χ3v) is 4.50. The van der Waals surface area contributed by atoms with E-state index in [-0.39, 0.29) is 28.6 Å². The van der Waals surface area contributed by atoms with Crippen LogP contribution in [0, 0.1) is 10.1 Å². The Morgan fingerprint density at radius 1 is 1.38 bits per heavy atom. The summed E-state index contributed by atoms with van der Waals surface area (Å²) >= 11 is 5.76. The molecule has 0 bridgehead atoms. The number of nitrogens with one attached hydrogen (secondary N) is 1. The van der Waals surface area contributed by atoms with Gasteiger partial charge in [-0.15, -0.1) is 0 Å². The zero-order valence-corrected chi connectivity index (χ0v) is 12.5. The maximum atomic E-state index is 12.0. The van der Waals surface area contributed by atoms with Crippen LogP contribution in [0.25, 0.3) is 0 Å². The predicted octanol–water partition coefficient (Wildman–Crippen LogP) is 1.18. The molecule has 1 aromatic rings. The summed E-state index contributed by atoms with van der Waals surface area (Å²) in [4.78, 5) is 20.1. The summed E-state index contributed by atoms with van der Waals surface area (Å²) in [6.07, 6.45) is 1.02. The molecule has 0 aliphatic rings. The van der Waals surface area contributed by atoms with Gasteiger partial charge >= 0.3 is 0 Å². The number of hydrogen-bond donors (Lipinski definition) is 2. The summed E-state index contributed by atoms with van der Waals surface area (Å²) in [5.41, 5.74) is 4.59. The Morgan fingerprint density at radius 2 is 2.05 bits per heavy atom. The molecule has 21 heavy (non-hydrogen) atoms. The number of benzene rings is 1. The smallest absolute Gasteiger partial charge is 0.270 e. The first kappa shape index (κ1) is 17.3. The second kappa shape index (κ2) is 7.34.